The summed E-state index contributed by atoms with van der Waals surface area (Å²) in [5, 5.41) is 7.61. The third kappa shape index (κ3) is 5.87. The van der Waals surface area contributed by atoms with Gasteiger partial charge in [-0.25, -0.2) is 9.48 Å². The van der Waals surface area contributed by atoms with Gasteiger partial charge in [0.2, 0.25) is 0 Å². The van der Waals surface area contributed by atoms with Gasteiger partial charge in [-0.1, -0.05) is 18.2 Å². The maximum atomic E-state index is 13.4. The zero-order valence-corrected chi connectivity index (χ0v) is 21.6. The van der Waals surface area contributed by atoms with Gasteiger partial charge in [0, 0.05) is 30.8 Å². The van der Waals surface area contributed by atoms with E-state index in [4.69, 9.17) is 9.47 Å². The number of anilines is 1. The molecule has 1 aromatic heterocycles. The van der Waals surface area contributed by atoms with E-state index in [1.807, 2.05) is 68.8 Å². The molecule has 0 atom stereocenters. The van der Waals surface area contributed by atoms with Crippen LogP contribution in [0.2, 0.25) is 0 Å². The zero-order chi connectivity index (χ0) is 25.9. The fourth-order valence-corrected chi connectivity index (χ4v) is 4.45. The zero-order valence-electron chi connectivity index (χ0n) is 21.6. The number of nitrogens with zero attached hydrogens (tertiary/aromatic N) is 3. The van der Waals surface area contributed by atoms with E-state index in [9.17, 15) is 9.59 Å². The van der Waals surface area contributed by atoms with Crippen LogP contribution in [0.3, 0.4) is 0 Å². The average molecular weight is 491 g/mol. The molecule has 3 aromatic rings. The van der Waals surface area contributed by atoms with Gasteiger partial charge in [0.15, 0.2) is 0 Å². The Morgan fingerprint density at radius 1 is 1.06 bits per heavy atom. The number of aromatic nitrogens is 2. The van der Waals surface area contributed by atoms with E-state index in [1.54, 1.807) is 24.3 Å². The Labute approximate surface area is 212 Å². The second-order valence-electron chi connectivity index (χ2n) is 10.1. The summed E-state index contributed by atoms with van der Waals surface area (Å²) in [5.74, 6) is 0.488. The van der Waals surface area contributed by atoms with Crippen LogP contribution in [0.5, 0.6) is 5.75 Å². The molecule has 0 radical (unpaired) electrons. The number of methoxy groups -OCH3 is 1. The topological polar surface area (TPSA) is 85.7 Å². The predicted molar refractivity (Wildman–Crippen MR) is 139 cm³/mol. The number of aryl methyl sites for hydroxylation is 1. The van der Waals surface area contributed by atoms with Gasteiger partial charge in [0.25, 0.3) is 5.91 Å². The highest BCUT2D eigenvalue weighted by Gasteiger charge is 2.32. The van der Waals surface area contributed by atoms with Gasteiger partial charge in [-0.2, -0.15) is 5.10 Å². The smallest absolute Gasteiger partial charge is 0.410 e. The van der Waals surface area contributed by atoms with Gasteiger partial charge in [0.05, 0.1) is 30.3 Å². The molecule has 190 valence electrons. The van der Waals surface area contributed by atoms with Crippen LogP contribution in [-0.2, 0) is 4.74 Å². The van der Waals surface area contributed by atoms with E-state index in [-0.39, 0.29) is 17.9 Å². The number of amides is 2. The molecule has 0 aliphatic carbocycles. The van der Waals surface area contributed by atoms with Crippen LogP contribution in [0.25, 0.3) is 5.69 Å². The normalized spacial score (nSPS) is 14.4. The molecule has 8 heteroatoms. The summed E-state index contributed by atoms with van der Waals surface area (Å²) in [4.78, 5) is 27.7. The van der Waals surface area contributed by atoms with E-state index in [0.717, 1.165) is 16.9 Å². The Morgan fingerprint density at radius 3 is 2.44 bits per heavy atom. The summed E-state index contributed by atoms with van der Waals surface area (Å²) < 4.78 is 12.7. The quantitative estimate of drug-likeness (QED) is 0.506. The second-order valence-corrected chi connectivity index (χ2v) is 10.1. The van der Waals surface area contributed by atoms with Crippen molar-refractivity contribution in [2.75, 3.05) is 25.5 Å². The Bertz CT molecular complexity index is 1240. The first-order valence-corrected chi connectivity index (χ1v) is 12.2. The Hall–Kier alpha value is -3.81. The van der Waals surface area contributed by atoms with Crippen molar-refractivity contribution in [3.05, 3.63) is 71.5 Å². The largest absolute Gasteiger partial charge is 0.497 e. The van der Waals surface area contributed by atoms with Crippen LogP contribution in [0.4, 0.5) is 10.5 Å². The van der Waals surface area contributed by atoms with Gasteiger partial charge in [0.1, 0.15) is 11.4 Å². The molecule has 8 nitrogen and oxygen atoms in total. The molecule has 36 heavy (non-hydrogen) atoms. The van der Waals surface area contributed by atoms with Crippen molar-refractivity contribution in [2.24, 2.45) is 0 Å². The number of hydrogen-bond donors (Lipinski definition) is 1. The van der Waals surface area contributed by atoms with Crippen molar-refractivity contribution in [1.82, 2.24) is 14.7 Å². The van der Waals surface area contributed by atoms with Crippen molar-refractivity contribution in [3.63, 3.8) is 0 Å². The van der Waals surface area contributed by atoms with E-state index in [1.165, 1.54) is 0 Å². The Balaban J connectivity index is 1.62. The number of carbonyl (C=O) groups is 2. The minimum absolute atomic E-state index is 0.0535. The summed E-state index contributed by atoms with van der Waals surface area (Å²) in [6.07, 6.45) is 2.74. The summed E-state index contributed by atoms with van der Waals surface area (Å²) in [6, 6.07) is 15.3. The first kappa shape index (κ1) is 25.3. The van der Waals surface area contributed by atoms with E-state index in [0.29, 0.717) is 42.9 Å². The van der Waals surface area contributed by atoms with Gasteiger partial charge < -0.3 is 19.7 Å². The number of rotatable bonds is 5. The lowest BCUT2D eigenvalue weighted by Crippen LogP contribution is -2.41. The number of ether oxygens (including phenoxy) is 2. The number of carbonyl (C=O) groups excluding carboxylic acids is 2. The molecule has 0 spiro atoms. The molecule has 2 heterocycles. The predicted octanol–water partition coefficient (Wildman–Crippen LogP) is 5.56. The van der Waals surface area contributed by atoms with Crippen LogP contribution >= 0.6 is 0 Å². The third-order valence-corrected chi connectivity index (χ3v) is 6.16. The van der Waals surface area contributed by atoms with Crippen LogP contribution in [0.15, 0.2) is 54.7 Å². The highest BCUT2D eigenvalue weighted by Crippen LogP contribution is 2.33. The van der Waals surface area contributed by atoms with Crippen molar-refractivity contribution in [1.29, 1.82) is 0 Å². The molecule has 1 aliphatic heterocycles. The molecule has 0 bridgehead atoms. The van der Waals surface area contributed by atoms with Crippen LogP contribution in [-0.4, -0.2) is 52.5 Å². The lowest BCUT2D eigenvalue weighted by molar-refractivity contribution is 0.0203. The van der Waals surface area contributed by atoms with Crippen LogP contribution in [0.1, 0.15) is 61.1 Å². The summed E-state index contributed by atoms with van der Waals surface area (Å²) in [6.45, 7) is 8.73. The second kappa shape index (κ2) is 10.4. The maximum Gasteiger partial charge on any atom is 0.410 e. The highest BCUT2D eigenvalue weighted by molar-refractivity contribution is 6.05. The minimum atomic E-state index is -0.539. The van der Waals surface area contributed by atoms with Gasteiger partial charge in [-0.15, -0.1) is 0 Å². The Morgan fingerprint density at radius 2 is 1.78 bits per heavy atom. The molecule has 2 aromatic carbocycles. The van der Waals surface area contributed by atoms with Crippen molar-refractivity contribution >= 4 is 17.7 Å². The van der Waals surface area contributed by atoms with E-state index in [2.05, 4.69) is 16.5 Å². The first-order valence-electron chi connectivity index (χ1n) is 12.2. The lowest BCUT2D eigenvalue weighted by Gasteiger charge is -2.34. The fraction of sp³-hybridized carbons (Fsp3) is 0.393. The van der Waals surface area contributed by atoms with Crippen molar-refractivity contribution < 1.29 is 19.1 Å². The van der Waals surface area contributed by atoms with Crippen molar-refractivity contribution in [2.45, 2.75) is 52.1 Å². The molecule has 1 fully saturated rings. The van der Waals surface area contributed by atoms with Gasteiger partial charge in [-0.05, 0) is 70.4 Å². The molecule has 0 unspecified atom stereocenters. The summed E-state index contributed by atoms with van der Waals surface area (Å²) in [7, 11) is 1.59. The SMILES string of the molecule is COc1cccc(NC(=O)c2cnn(-c3cccc(C)c3)c2C2CCN(C(=O)OC(C)(C)C)CC2)c1. The van der Waals surface area contributed by atoms with Crippen LogP contribution < -0.4 is 10.1 Å². The summed E-state index contributed by atoms with van der Waals surface area (Å²) in [5.41, 5.74) is 3.49. The van der Waals surface area contributed by atoms with Crippen LogP contribution in [0, 0.1) is 6.92 Å². The number of piperidine rings is 1. The molecular formula is C28H34N4O4. The lowest BCUT2D eigenvalue weighted by atomic mass is 9.90. The average Bonchev–Trinajstić information content (AvgIpc) is 3.29. The monoisotopic (exact) mass is 490 g/mol. The molecule has 1 N–H and O–H groups in total. The molecule has 4 rings (SSSR count). The minimum Gasteiger partial charge on any atom is -0.497 e. The first-order chi connectivity index (χ1) is 17.1. The molecule has 1 saturated heterocycles. The standard InChI is InChI=1S/C28H34N4O4/c1-19-8-6-10-22(16-19)32-25(20-12-14-31(15-13-20)27(34)36-28(2,3)4)24(18-29-32)26(33)30-21-9-7-11-23(17-21)35-5/h6-11,16-18,20H,12-15H2,1-5H3,(H,30,33). The van der Waals surface area contributed by atoms with E-state index < -0.39 is 5.60 Å². The number of benzene rings is 2. The number of nitrogens with one attached hydrogen (secondary N) is 1. The number of likely N-dealkylation sites (tertiary alicyclic amines) is 1. The van der Waals surface area contributed by atoms with E-state index >= 15 is 0 Å². The van der Waals surface area contributed by atoms with Gasteiger partial charge >= 0.3 is 6.09 Å². The molecule has 0 saturated carbocycles. The molecule has 1 aliphatic rings. The van der Waals surface area contributed by atoms with Crippen molar-refractivity contribution in [3.8, 4) is 11.4 Å². The van der Waals surface area contributed by atoms with Gasteiger partial charge in [-0.3, -0.25) is 4.79 Å². The highest BCUT2D eigenvalue weighted by atomic mass is 16.6. The Kier molecular flexibility index (Phi) is 7.33. The fourth-order valence-electron chi connectivity index (χ4n) is 4.45. The number of hydrogen-bond acceptors (Lipinski definition) is 5. The third-order valence-electron chi connectivity index (χ3n) is 6.16. The summed E-state index contributed by atoms with van der Waals surface area (Å²) >= 11 is 0. The molecule has 2 amide bonds. The molecular weight excluding hydrogens is 456 g/mol. The maximum absolute atomic E-state index is 13.4.